The maximum absolute atomic E-state index is 13.7. The van der Waals surface area contributed by atoms with Gasteiger partial charge in [0.25, 0.3) is 0 Å². The number of rotatable bonds is 5. The van der Waals surface area contributed by atoms with Gasteiger partial charge in [0.15, 0.2) is 0 Å². The zero-order valence-corrected chi connectivity index (χ0v) is 14.8. The van der Waals surface area contributed by atoms with Gasteiger partial charge in [0.05, 0.1) is 0 Å². The molecule has 0 aliphatic carbocycles. The van der Waals surface area contributed by atoms with Crippen molar-refractivity contribution in [3.63, 3.8) is 0 Å². The molecule has 1 aliphatic rings. The van der Waals surface area contributed by atoms with Crippen LogP contribution in [0.2, 0.25) is 0 Å². The van der Waals surface area contributed by atoms with Crippen LogP contribution in [0.4, 0.5) is 13.2 Å². The molecule has 26 heavy (non-hydrogen) atoms. The van der Waals surface area contributed by atoms with E-state index in [1.54, 1.807) is 29.2 Å². The van der Waals surface area contributed by atoms with Crippen LogP contribution in [-0.4, -0.2) is 36.8 Å². The van der Waals surface area contributed by atoms with Crippen molar-refractivity contribution in [3.05, 3.63) is 71.8 Å². The van der Waals surface area contributed by atoms with Crippen LogP contribution in [0.3, 0.4) is 0 Å². The van der Waals surface area contributed by atoms with Gasteiger partial charge in [-0.25, -0.2) is 0 Å². The molecule has 2 aromatic rings. The molecule has 0 bridgehead atoms. The van der Waals surface area contributed by atoms with E-state index in [0.717, 1.165) is 5.56 Å². The topological polar surface area (TPSA) is 29.3 Å². The van der Waals surface area contributed by atoms with Gasteiger partial charge in [0.2, 0.25) is 0 Å². The second kappa shape index (κ2) is 7.80. The average molecular weight is 362 g/mol. The van der Waals surface area contributed by atoms with E-state index < -0.39 is 12.2 Å². The molecular weight excluding hydrogens is 337 g/mol. The molecule has 2 nitrogen and oxygen atoms in total. The van der Waals surface area contributed by atoms with Crippen molar-refractivity contribution in [2.45, 2.75) is 36.9 Å². The summed E-state index contributed by atoms with van der Waals surface area (Å²) in [5.41, 5.74) is 7.69. The summed E-state index contributed by atoms with van der Waals surface area (Å²) in [6.07, 6.45) is -2.96. The highest BCUT2D eigenvalue weighted by molar-refractivity contribution is 5.27. The summed E-state index contributed by atoms with van der Waals surface area (Å²) in [5.74, 6) is 0. The third-order valence-corrected chi connectivity index (χ3v) is 5.62. The van der Waals surface area contributed by atoms with Crippen LogP contribution in [-0.2, 0) is 11.8 Å². The van der Waals surface area contributed by atoms with Crippen molar-refractivity contribution >= 4 is 0 Å². The van der Waals surface area contributed by atoms with E-state index in [0.29, 0.717) is 38.0 Å². The fourth-order valence-electron chi connectivity index (χ4n) is 3.96. The summed E-state index contributed by atoms with van der Waals surface area (Å²) in [6, 6.07) is 17.4. The van der Waals surface area contributed by atoms with E-state index in [1.807, 2.05) is 36.4 Å². The number of piperidine rings is 1. The maximum atomic E-state index is 13.7. The summed E-state index contributed by atoms with van der Waals surface area (Å²) in [4.78, 5) is 1.59. The Balaban J connectivity index is 1.75. The predicted octanol–water partition coefficient (Wildman–Crippen LogP) is 4.15. The summed E-state index contributed by atoms with van der Waals surface area (Å²) in [7, 11) is 0. The highest BCUT2D eigenvalue weighted by Gasteiger charge is 2.46. The predicted molar refractivity (Wildman–Crippen MR) is 98.0 cm³/mol. The van der Waals surface area contributed by atoms with E-state index in [-0.39, 0.29) is 11.8 Å². The van der Waals surface area contributed by atoms with Gasteiger partial charge in [-0.15, -0.1) is 0 Å². The molecule has 1 saturated heterocycles. The molecule has 1 fully saturated rings. The van der Waals surface area contributed by atoms with Crippen LogP contribution in [0, 0.1) is 0 Å². The highest BCUT2D eigenvalue weighted by Crippen LogP contribution is 2.38. The largest absolute Gasteiger partial charge is 0.404 e. The summed E-state index contributed by atoms with van der Waals surface area (Å²) in [5, 5.41) is 0. The molecule has 0 spiro atoms. The van der Waals surface area contributed by atoms with Crippen molar-refractivity contribution in [2.75, 3.05) is 19.6 Å². The smallest absolute Gasteiger partial charge is 0.330 e. The molecule has 1 aliphatic heterocycles. The van der Waals surface area contributed by atoms with Gasteiger partial charge >= 0.3 is 6.18 Å². The zero-order valence-electron chi connectivity index (χ0n) is 14.8. The first-order chi connectivity index (χ1) is 12.4. The molecule has 0 saturated carbocycles. The first-order valence-electron chi connectivity index (χ1n) is 9.05. The minimum atomic E-state index is -4.24. The zero-order chi connectivity index (χ0) is 18.6. The van der Waals surface area contributed by atoms with Crippen LogP contribution < -0.4 is 5.73 Å². The number of hydrogen-bond donors (Lipinski definition) is 1. The minimum absolute atomic E-state index is 0.00863. The summed E-state index contributed by atoms with van der Waals surface area (Å²) < 4.78 is 41.2. The molecule has 1 atom stereocenters. The lowest BCUT2D eigenvalue weighted by Crippen LogP contribution is -2.54. The SMILES string of the molecule is NCC1(c2ccccc2)CCN(C(Cc2ccccc2)C(F)(F)F)CC1. The molecule has 0 amide bonds. The summed E-state index contributed by atoms with van der Waals surface area (Å²) >= 11 is 0. The fourth-order valence-corrected chi connectivity index (χ4v) is 3.96. The number of hydrogen-bond acceptors (Lipinski definition) is 2. The lowest BCUT2D eigenvalue weighted by molar-refractivity contribution is -0.187. The quantitative estimate of drug-likeness (QED) is 0.866. The Hall–Kier alpha value is -1.85. The lowest BCUT2D eigenvalue weighted by Gasteiger charge is -2.44. The molecule has 5 heteroatoms. The standard InChI is InChI=1S/C21H25F3N2/c22-21(23,24)19(15-17-7-3-1-4-8-17)26-13-11-20(16-25,12-14-26)18-9-5-2-6-10-18/h1-10,19H,11-16,25H2. The van der Waals surface area contributed by atoms with Crippen LogP contribution in [0.25, 0.3) is 0 Å². The van der Waals surface area contributed by atoms with Gasteiger partial charge in [0, 0.05) is 12.0 Å². The molecule has 1 heterocycles. The number of nitrogens with zero attached hydrogens (tertiary/aromatic N) is 1. The fraction of sp³-hybridized carbons (Fsp3) is 0.429. The highest BCUT2D eigenvalue weighted by atomic mass is 19.4. The normalized spacial score (nSPS) is 19.2. The van der Waals surface area contributed by atoms with Gasteiger partial charge in [0.1, 0.15) is 6.04 Å². The van der Waals surface area contributed by atoms with Crippen LogP contribution in [0.1, 0.15) is 24.0 Å². The van der Waals surface area contributed by atoms with E-state index in [9.17, 15) is 13.2 Å². The lowest BCUT2D eigenvalue weighted by atomic mass is 9.72. The van der Waals surface area contributed by atoms with Crippen LogP contribution in [0.15, 0.2) is 60.7 Å². The van der Waals surface area contributed by atoms with Crippen LogP contribution in [0.5, 0.6) is 0 Å². The monoisotopic (exact) mass is 362 g/mol. The number of alkyl halides is 3. The Kier molecular flexibility index (Phi) is 5.68. The second-order valence-electron chi connectivity index (χ2n) is 7.13. The third-order valence-electron chi connectivity index (χ3n) is 5.62. The van der Waals surface area contributed by atoms with Crippen molar-refractivity contribution in [1.29, 1.82) is 0 Å². The van der Waals surface area contributed by atoms with Crippen molar-refractivity contribution < 1.29 is 13.2 Å². The molecule has 0 radical (unpaired) electrons. The molecule has 3 rings (SSSR count). The number of nitrogens with two attached hydrogens (primary N) is 1. The third kappa shape index (κ3) is 4.10. The Labute approximate surface area is 152 Å². The molecule has 140 valence electrons. The average Bonchev–Trinajstić information content (AvgIpc) is 2.67. The van der Waals surface area contributed by atoms with Crippen molar-refractivity contribution in [1.82, 2.24) is 4.90 Å². The van der Waals surface area contributed by atoms with E-state index in [2.05, 4.69) is 0 Å². The van der Waals surface area contributed by atoms with E-state index in [1.165, 1.54) is 0 Å². The van der Waals surface area contributed by atoms with Crippen LogP contribution >= 0.6 is 0 Å². The molecule has 1 unspecified atom stereocenters. The molecular formula is C21H25F3N2. The van der Waals surface area contributed by atoms with Crippen molar-refractivity contribution in [3.8, 4) is 0 Å². The van der Waals surface area contributed by atoms with Gasteiger partial charge in [-0.1, -0.05) is 60.7 Å². The van der Waals surface area contributed by atoms with E-state index in [4.69, 9.17) is 5.73 Å². The molecule has 0 aromatic heterocycles. The Morgan fingerprint density at radius 2 is 1.46 bits per heavy atom. The van der Waals surface area contributed by atoms with E-state index >= 15 is 0 Å². The van der Waals surface area contributed by atoms with Gasteiger partial charge in [-0.2, -0.15) is 13.2 Å². The Morgan fingerprint density at radius 3 is 1.96 bits per heavy atom. The molecule has 2 aromatic carbocycles. The number of benzene rings is 2. The second-order valence-corrected chi connectivity index (χ2v) is 7.13. The van der Waals surface area contributed by atoms with Gasteiger partial charge in [-0.05, 0) is 43.5 Å². The van der Waals surface area contributed by atoms with Gasteiger partial charge < -0.3 is 5.73 Å². The first-order valence-corrected chi connectivity index (χ1v) is 9.05. The Morgan fingerprint density at radius 1 is 0.923 bits per heavy atom. The number of likely N-dealkylation sites (tertiary alicyclic amines) is 1. The maximum Gasteiger partial charge on any atom is 0.404 e. The van der Waals surface area contributed by atoms with Crippen molar-refractivity contribution in [2.24, 2.45) is 5.73 Å². The minimum Gasteiger partial charge on any atom is -0.330 e. The molecule has 2 N–H and O–H groups in total. The van der Waals surface area contributed by atoms with Gasteiger partial charge in [-0.3, -0.25) is 4.90 Å². The number of halogens is 3. The Bertz CT molecular complexity index is 677. The summed E-state index contributed by atoms with van der Waals surface area (Å²) in [6.45, 7) is 1.27. The first kappa shape index (κ1) is 18.9.